The zero-order valence-corrected chi connectivity index (χ0v) is 16.7. The van der Waals surface area contributed by atoms with Crippen LogP contribution in [0.1, 0.15) is 49.5 Å². The summed E-state index contributed by atoms with van der Waals surface area (Å²) in [5.41, 5.74) is 1.86. The molecule has 0 radical (unpaired) electrons. The Morgan fingerprint density at radius 1 is 1.19 bits per heavy atom. The molecule has 1 fully saturated rings. The number of amides is 1. The molecule has 26 heavy (non-hydrogen) atoms. The molecule has 1 heterocycles. The summed E-state index contributed by atoms with van der Waals surface area (Å²) < 4.78 is 24.5. The van der Waals surface area contributed by atoms with Gasteiger partial charge in [-0.2, -0.15) is 0 Å². The number of hydrogen-bond acceptors (Lipinski definition) is 4. The second-order valence-corrected chi connectivity index (χ2v) is 9.80. The van der Waals surface area contributed by atoms with E-state index >= 15 is 0 Å². The minimum atomic E-state index is -3.41. The predicted molar refractivity (Wildman–Crippen MR) is 102 cm³/mol. The molecule has 0 spiro atoms. The number of nitrogens with one attached hydrogen (secondary N) is 1. The quantitative estimate of drug-likeness (QED) is 0.792. The maximum atomic E-state index is 12.8. The molecule has 144 valence electrons. The highest BCUT2D eigenvalue weighted by Gasteiger charge is 2.29. The Morgan fingerprint density at radius 2 is 1.81 bits per heavy atom. The molecule has 7 heteroatoms. The SMILES string of the molecule is CC(C)(C)c1ccc(C(=O)[C@H]2CCCN(C(=O)CNS(C)(=O)=O)C2)cc1. The van der Waals surface area contributed by atoms with E-state index < -0.39 is 10.0 Å². The fourth-order valence-electron chi connectivity index (χ4n) is 3.09. The van der Waals surface area contributed by atoms with Crippen molar-refractivity contribution in [3.8, 4) is 0 Å². The Hall–Kier alpha value is -1.73. The van der Waals surface area contributed by atoms with Crippen molar-refractivity contribution in [2.45, 2.75) is 39.0 Å². The maximum absolute atomic E-state index is 12.8. The molecule has 1 amide bonds. The zero-order valence-electron chi connectivity index (χ0n) is 15.9. The lowest BCUT2D eigenvalue weighted by atomic mass is 9.85. The molecule has 0 saturated carbocycles. The Kier molecular flexibility index (Phi) is 6.24. The largest absolute Gasteiger partial charge is 0.341 e. The predicted octanol–water partition coefficient (Wildman–Crippen LogP) is 1.95. The van der Waals surface area contributed by atoms with Gasteiger partial charge < -0.3 is 4.90 Å². The summed E-state index contributed by atoms with van der Waals surface area (Å²) in [5.74, 6) is -0.499. The van der Waals surface area contributed by atoms with Crippen molar-refractivity contribution in [3.05, 3.63) is 35.4 Å². The molecular formula is C19H28N2O4S. The molecule has 1 aromatic rings. The second kappa shape index (κ2) is 7.88. The summed E-state index contributed by atoms with van der Waals surface area (Å²) in [6.45, 7) is 7.00. The number of nitrogens with zero attached hydrogens (tertiary/aromatic N) is 1. The van der Waals surface area contributed by atoms with E-state index in [1.165, 1.54) is 5.56 Å². The van der Waals surface area contributed by atoms with Gasteiger partial charge in [0.1, 0.15) is 0 Å². The number of hydrogen-bond donors (Lipinski definition) is 1. The van der Waals surface area contributed by atoms with Crippen molar-refractivity contribution in [1.29, 1.82) is 0 Å². The molecule has 1 aliphatic heterocycles. The summed E-state index contributed by atoms with van der Waals surface area (Å²) >= 11 is 0. The van der Waals surface area contributed by atoms with Crippen molar-refractivity contribution >= 4 is 21.7 Å². The number of carbonyl (C=O) groups excluding carboxylic acids is 2. The fourth-order valence-corrected chi connectivity index (χ4v) is 3.48. The average Bonchev–Trinajstić information content (AvgIpc) is 2.58. The van der Waals surface area contributed by atoms with Crippen molar-refractivity contribution in [1.82, 2.24) is 9.62 Å². The number of rotatable bonds is 5. The Bertz CT molecular complexity index is 764. The summed E-state index contributed by atoms with van der Waals surface area (Å²) in [7, 11) is -3.41. The first-order valence-corrected chi connectivity index (χ1v) is 10.7. The van der Waals surface area contributed by atoms with Gasteiger partial charge in [0.25, 0.3) is 0 Å². The molecule has 1 aromatic carbocycles. The topological polar surface area (TPSA) is 83.6 Å². The van der Waals surface area contributed by atoms with Gasteiger partial charge in [-0.3, -0.25) is 9.59 Å². The van der Waals surface area contributed by atoms with Gasteiger partial charge in [-0.25, -0.2) is 13.1 Å². The fraction of sp³-hybridized carbons (Fsp3) is 0.579. The molecule has 0 aromatic heterocycles. The van der Waals surface area contributed by atoms with Gasteiger partial charge in [-0.05, 0) is 23.8 Å². The monoisotopic (exact) mass is 380 g/mol. The molecule has 1 atom stereocenters. The lowest BCUT2D eigenvalue weighted by molar-refractivity contribution is -0.131. The van der Waals surface area contributed by atoms with Crippen molar-refractivity contribution in [2.75, 3.05) is 25.9 Å². The number of carbonyl (C=O) groups is 2. The molecule has 0 aliphatic carbocycles. The molecule has 2 rings (SSSR count). The van der Waals surface area contributed by atoms with Crippen molar-refractivity contribution < 1.29 is 18.0 Å². The van der Waals surface area contributed by atoms with Gasteiger partial charge in [-0.1, -0.05) is 45.0 Å². The van der Waals surface area contributed by atoms with Crippen molar-refractivity contribution in [3.63, 3.8) is 0 Å². The van der Waals surface area contributed by atoms with E-state index in [0.29, 0.717) is 18.7 Å². The normalized spacial score (nSPS) is 18.6. The first-order valence-electron chi connectivity index (χ1n) is 8.84. The third kappa shape index (κ3) is 5.64. The van der Waals surface area contributed by atoms with E-state index in [1.807, 2.05) is 24.3 Å². The standard InChI is InChI=1S/C19H28N2O4S/c1-19(2,3)16-9-7-14(8-10-16)18(23)15-6-5-11-21(13-15)17(22)12-20-26(4,24)25/h7-10,15,20H,5-6,11-13H2,1-4H3/t15-/m0/s1. The summed E-state index contributed by atoms with van der Waals surface area (Å²) in [6, 6.07) is 7.67. The number of ketones is 1. The summed E-state index contributed by atoms with van der Waals surface area (Å²) in [5, 5.41) is 0. The van der Waals surface area contributed by atoms with Gasteiger partial charge in [-0.15, -0.1) is 0 Å². The number of sulfonamides is 1. The van der Waals surface area contributed by atoms with Crippen molar-refractivity contribution in [2.24, 2.45) is 5.92 Å². The first-order chi connectivity index (χ1) is 12.0. The number of likely N-dealkylation sites (tertiary alicyclic amines) is 1. The first kappa shape index (κ1) is 20.6. The van der Waals surface area contributed by atoms with Crippen LogP contribution in [0.15, 0.2) is 24.3 Å². The van der Waals surface area contributed by atoms with Crippen LogP contribution in [0.3, 0.4) is 0 Å². The third-order valence-electron chi connectivity index (χ3n) is 4.67. The van der Waals surface area contributed by atoms with Gasteiger partial charge in [0.15, 0.2) is 5.78 Å². The van der Waals surface area contributed by atoms with Gasteiger partial charge >= 0.3 is 0 Å². The molecule has 1 N–H and O–H groups in total. The van der Waals surface area contributed by atoms with Crippen LogP contribution in [-0.2, 0) is 20.2 Å². The minimum Gasteiger partial charge on any atom is -0.341 e. The highest BCUT2D eigenvalue weighted by Crippen LogP contribution is 2.25. The highest BCUT2D eigenvalue weighted by molar-refractivity contribution is 7.88. The van der Waals surface area contributed by atoms with Crippen LogP contribution in [0.25, 0.3) is 0 Å². The lowest BCUT2D eigenvalue weighted by Crippen LogP contribution is -2.46. The molecule has 0 unspecified atom stereocenters. The summed E-state index contributed by atoms with van der Waals surface area (Å²) in [4.78, 5) is 26.6. The highest BCUT2D eigenvalue weighted by atomic mass is 32.2. The average molecular weight is 381 g/mol. The Morgan fingerprint density at radius 3 is 2.35 bits per heavy atom. The molecular weight excluding hydrogens is 352 g/mol. The van der Waals surface area contributed by atoms with E-state index in [1.54, 1.807) is 4.90 Å². The smallest absolute Gasteiger partial charge is 0.237 e. The van der Waals surface area contributed by atoms with Crippen LogP contribution in [-0.4, -0.2) is 50.9 Å². The van der Waals surface area contributed by atoms with Crippen LogP contribution in [0.4, 0.5) is 0 Å². The van der Waals surface area contributed by atoms with E-state index in [-0.39, 0.29) is 29.6 Å². The van der Waals surface area contributed by atoms with Crippen LogP contribution < -0.4 is 4.72 Å². The zero-order chi connectivity index (χ0) is 19.5. The minimum absolute atomic E-state index is 0.0300. The Labute approximate surface area is 156 Å². The molecule has 0 bridgehead atoms. The summed E-state index contributed by atoms with van der Waals surface area (Å²) in [6.07, 6.45) is 2.49. The second-order valence-electron chi connectivity index (χ2n) is 7.96. The van der Waals surface area contributed by atoms with Crippen LogP contribution in [0, 0.1) is 5.92 Å². The molecule has 6 nitrogen and oxygen atoms in total. The molecule has 1 saturated heterocycles. The van der Waals surface area contributed by atoms with E-state index in [2.05, 4.69) is 25.5 Å². The Balaban J connectivity index is 2.02. The van der Waals surface area contributed by atoms with Gasteiger partial charge in [0, 0.05) is 24.6 Å². The van der Waals surface area contributed by atoms with Crippen LogP contribution in [0.5, 0.6) is 0 Å². The number of Topliss-reactive ketones (excluding diaryl/α,β-unsaturated/α-hetero) is 1. The molecule has 1 aliphatic rings. The van der Waals surface area contributed by atoms with E-state index in [0.717, 1.165) is 19.1 Å². The number of benzene rings is 1. The maximum Gasteiger partial charge on any atom is 0.237 e. The number of piperidine rings is 1. The van der Waals surface area contributed by atoms with Gasteiger partial charge in [0.05, 0.1) is 12.8 Å². The van der Waals surface area contributed by atoms with Crippen LogP contribution in [0.2, 0.25) is 0 Å². The lowest BCUT2D eigenvalue weighted by Gasteiger charge is -2.32. The third-order valence-corrected chi connectivity index (χ3v) is 5.33. The van der Waals surface area contributed by atoms with E-state index in [9.17, 15) is 18.0 Å². The van der Waals surface area contributed by atoms with E-state index in [4.69, 9.17) is 0 Å². The van der Waals surface area contributed by atoms with Crippen LogP contribution >= 0.6 is 0 Å². The van der Waals surface area contributed by atoms with Gasteiger partial charge in [0.2, 0.25) is 15.9 Å².